The second-order valence-corrected chi connectivity index (χ2v) is 9.74. The van der Waals surface area contributed by atoms with E-state index in [0.29, 0.717) is 16.7 Å². The number of nitrogens with zero attached hydrogens (tertiary/aromatic N) is 4. The Morgan fingerprint density at radius 3 is 2.52 bits per heavy atom. The first-order valence-electron chi connectivity index (χ1n) is 10.4. The van der Waals surface area contributed by atoms with Crippen LogP contribution in [0.25, 0.3) is 16.4 Å². The molecule has 0 saturated carbocycles. The average molecular weight is 480 g/mol. The lowest BCUT2D eigenvalue weighted by Gasteiger charge is -2.16. The minimum atomic E-state index is -0.396. The van der Waals surface area contributed by atoms with Crippen molar-refractivity contribution < 1.29 is 9.53 Å². The molecule has 0 spiro atoms. The molecule has 1 amide bonds. The summed E-state index contributed by atoms with van der Waals surface area (Å²) in [6.07, 6.45) is 0. The molecule has 0 aliphatic heterocycles. The highest BCUT2D eigenvalue weighted by Crippen LogP contribution is 2.35. The van der Waals surface area contributed by atoms with Gasteiger partial charge in [-0.05, 0) is 54.8 Å². The summed E-state index contributed by atoms with van der Waals surface area (Å²) < 4.78 is 7.54. The van der Waals surface area contributed by atoms with E-state index in [4.69, 9.17) is 4.74 Å². The van der Waals surface area contributed by atoms with Gasteiger partial charge in [0.05, 0.1) is 22.9 Å². The summed E-state index contributed by atoms with van der Waals surface area (Å²) in [5.41, 5.74) is 2.65. The van der Waals surface area contributed by atoms with Gasteiger partial charge < -0.3 is 15.0 Å². The van der Waals surface area contributed by atoms with E-state index in [0.717, 1.165) is 21.9 Å². The van der Waals surface area contributed by atoms with Crippen molar-refractivity contribution >= 4 is 40.4 Å². The van der Waals surface area contributed by atoms with E-state index in [9.17, 15) is 4.79 Å². The molecule has 33 heavy (non-hydrogen) atoms. The number of thioether (sulfide) groups is 1. The Bertz CT molecular complexity index is 1220. The predicted octanol–water partition coefficient (Wildman–Crippen LogP) is 5.19. The molecule has 7 nitrogen and oxygen atoms in total. The zero-order valence-electron chi connectivity index (χ0n) is 18.9. The molecule has 0 bridgehead atoms. The average Bonchev–Trinajstić information content (AvgIpc) is 3.49. The maximum Gasteiger partial charge on any atom is 0.237 e. The van der Waals surface area contributed by atoms with Crippen LogP contribution < -0.4 is 15.0 Å². The van der Waals surface area contributed by atoms with Gasteiger partial charge in [-0.2, -0.15) is 0 Å². The van der Waals surface area contributed by atoms with Crippen LogP contribution in [0.2, 0.25) is 0 Å². The lowest BCUT2D eigenvalue weighted by molar-refractivity contribution is -0.115. The van der Waals surface area contributed by atoms with Crippen LogP contribution in [0.4, 0.5) is 11.4 Å². The molecule has 1 atom stereocenters. The lowest BCUT2D eigenvalue weighted by atomic mass is 10.2. The maximum atomic E-state index is 12.9. The highest BCUT2D eigenvalue weighted by molar-refractivity contribution is 8.00. The number of rotatable bonds is 8. The molecule has 2 aromatic heterocycles. The Morgan fingerprint density at radius 1 is 1.09 bits per heavy atom. The first-order chi connectivity index (χ1) is 16.0. The van der Waals surface area contributed by atoms with Crippen LogP contribution in [-0.2, 0) is 4.79 Å². The van der Waals surface area contributed by atoms with E-state index in [-0.39, 0.29) is 5.91 Å². The molecule has 1 N–H and O–H groups in total. The number of hydrogen-bond donors (Lipinski definition) is 1. The van der Waals surface area contributed by atoms with Gasteiger partial charge in [0, 0.05) is 25.5 Å². The highest BCUT2D eigenvalue weighted by Gasteiger charge is 2.23. The van der Waals surface area contributed by atoms with Crippen LogP contribution in [0.3, 0.4) is 0 Å². The zero-order valence-corrected chi connectivity index (χ0v) is 20.5. The fourth-order valence-corrected chi connectivity index (χ4v) is 4.80. The van der Waals surface area contributed by atoms with Gasteiger partial charge in [-0.15, -0.1) is 21.5 Å². The number of benzene rings is 2. The van der Waals surface area contributed by atoms with Gasteiger partial charge in [0.15, 0.2) is 11.0 Å². The van der Waals surface area contributed by atoms with Gasteiger partial charge in [0.25, 0.3) is 0 Å². The largest absolute Gasteiger partial charge is 0.495 e. The molecule has 0 aliphatic rings. The van der Waals surface area contributed by atoms with E-state index < -0.39 is 5.25 Å². The molecule has 9 heteroatoms. The van der Waals surface area contributed by atoms with Crippen molar-refractivity contribution in [3.63, 3.8) is 0 Å². The van der Waals surface area contributed by atoms with Gasteiger partial charge in [-0.3, -0.25) is 9.36 Å². The summed E-state index contributed by atoms with van der Waals surface area (Å²) in [6.45, 7) is 1.86. The van der Waals surface area contributed by atoms with Gasteiger partial charge in [-0.1, -0.05) is 30.0 Å². The summed E-state index contributed by atoms with van der Waals surface area (Å²) in [4.78, 5) is 15.9. The fourth-order valence-electron chi connectivity index (χ4n) is 3.24. The second-order valence-electron chi connectivity index (χ2n) is 7.48. The van der Waals surface area contributed by atoms with Gasteiger partial charge in [-0.25, -0.2) is 0 Å². The molecule has 0 saturated heterocycles. The van der Waals surface area contributed by atoms with Crippen LogP contribution in [0.5, 0.6) is 5.75 Å². The van der Waals surface area contributed by atoms with Crippen molar-refractivity contribution in [2.75, 3.05) is 31.4 Å². The Morgan fingerprint density at radius 2 is 1.85 bits per heavy atom. The van der Waals surface area contributed by atoms with E-state index in [1.807, 2.05) is 96.5 Å². The van der Waals surface area contributed by atoms with Crippen LogP contribution in [-0.4, -0.2) is 47.1 Å². The summed E-state index contributed by atoms with van der Waals surface area (Å²) in [6, 6.07) is 19.4. The summed E-state index contributed by atoms with van der Waals surface area (Å²) in [5.74, 6) is 1.31. The third-order valence-electron chi connectivity index (χ3n) is 5.00. The molecule has 0 unspecified atom stereocenters. The normalized spacial score (nSPS) is 11.8. The fraction of sp³-hybridized carbons (Fsp3) is 0.208. The Kier molecular flexibility index (Phi) is 7.00. The summed E-state index contributed by atoms with van der Waals surface area (Å²) in [5, 5.41) is 14.1. The van der Waals surface area contributed by atoms with E-state index in [1.54, 1.807) is 18.4 Å². The summed E-state index contributed by atoms with van der Waals surface area (Å²) in [7, 11) is 5.60. The molecule has 0 aliphatic carbocycles. The molecule has 2 aromatic carbocycles. The van der Waals surface area contributed by atoms with Gasteiger partial charge >= 0.3 is 0 Å². The van der Waals surface area contributed by atoms with Crippen molar-refractivity contribution in [2.24, 2.45) is 0 Å². The van der Waals surface area contributed by atoms with Crippen LogP contribution >= 0.6 is 23.1 Å². The quantitative estimate of drug-likeness (QED) is 0.351. The maximum absolute atomic E-state index is 12.9. The van der Waals surface area contributed by atoms with E-state index in [2.05, 4.69) is 15.5 Å². The highest BCUT2D eigenvalue weighted by atomic mass is 32.2. The molecule has 0 fully saturated rings. The number of aromatic nitrogens is 3. The number of carbonyl (C=O) groups excluding carboxylic acids is 1. The number of para-hydroxylation sites is 2. The van der Waals surface area contributed by atoms with Crippen LogP contribution in [0, 0.1) is 0 Å². The number of methoxy groups -OCH3 is 1. The number of nitrogens with one attached hydrogen (secondary N) is 1. The van der Waals surface area contributed by atoms with Crippen molar-refractivity contribution in [3.8, 4) is 22.1 Å². The van der Waals surface area contributed by atoms with Gasteiger partial charge in [0.1, 0.15) is 5.75 Å². The molecular weight excluding hydrogens is 454 g/mol. The van der Waals surface area contributed by atoms with Crippen molar-refractivity contribution in [2.45, 2.75) is 17.3 Å². The van der Waals surface area contributed by atoms with E-state index in [1.165, 1.54) is 11.8 Å². The number of anilines is 2. The van der Waals surface area contributed by atoms with Crippen molar-refractivity contribution in [1.82, 2.24) is 14.8 Å². The number of thiophene rings is 1. The third kappa shape index (κ3) is 5.04. The minimum absolute atomic E-state index is 0.107. The molecule has 4 rings (SSSR count). The first kappa shape index (κ1) is 22.9. The molecule has 170 valence electrons. The molecule has 4 aromatic rings. The van der Waals surface area contributed by atoms with Crippen molar-refractivity contribution in [1.29, 1.82) is 0 Å². The van der Waals surface area contributed by atoms with Crippen molar-refractivity contribution in [3.05, 3.63) is 66.0 Å². The second kappa shape index (κ2) is 10.1. The standard InChI is InChI=1S/C24H25N5O2S2/c1-16(23(30)25-17-11-13-18(14-12-17)28(2)3)33-24-27-26-22(21-10-7-15-32-21)29(24)19-8-5-6-9-20(19)31-4/h5-16H,1-4H3,(H,25,30)/t16-/m1/s1. The number of carbonyl (C=O) groups is 1. The SMILES string of the molecule is COc1ccccc1-n1c(S[C@H](C)C(=O)Nc2ccc(N(C)C)cc2)nnc1-c1cccs1. The minimum Gasteiger partial charge on any atom is -0.495 e. The predicted molar refractivity (Wildman–Crippen MR) is 136 cm³/mol. The van der Waals surface area contributed by atoms with Gasteiger partial charge in [0.2, 0.25) is 5.91 Å². The molecule has 0 radical (unpaired) electrons. The Labute approximate surface area is 201 Å². The number of hydrogen-bond acceptors (Lipinski definition) is 7. The smallest absolute Gasteiger partial charge is 0.237 e. The Balaban J connectivity index is 1.60. The number of ether oxygens (including phenoxy) is 1. The van der Waals surface area contributed by atoms with E-state index >= 15 is 0 Å². The molecule has 2 heterocycles. The summed E-state index contributed by atoms with van der Waals surface area (Å²) >= 11 is 2.94. The van der Waals surface area contributed by atoms with Crippen LogP contribution in [0.1, 0.15) is 6.92 Å². The molecular formula is C24H25N5O2S2. The lowest BCUT2D eigenvalue weighted by Crippen LogP contribution is -2.23. The Hall–Kier alpha value is -3.30. The first-order valence-corrected chi connectivity index (χ1v) is 12.1. The third-order valence-corrected chi connectivity index (χ3v) is 6.91. The number of amides is 1. The monoisotopic (exact) mass is 479 g/mol. The van der Waals surface area contributed by atoms with Crippen LogP contribution in [0.15, 0.2) is 71.2 Å². The topological polar surface area (TPSA) is 72.3 Å². The zero-order chi connectivity index (χ0) is 23.4.